The molecule has 71 heavy (non-hydrogen) atoms. The fraction of sp³-hybridized carbons (Fsp3) is 0.314. The lowest BCUT2D eigenvalue weighted by Gasteiger charge is -2.38. The average Bonchev–Trinajstić information content (AvgIpc) is 3.74. The lowest BCUT2D eigenvalue weighted by Crippen LogP contribution is -2.42. The van der Waals surface area contributed by atoms with Gasteiger partial charge in [-0.1, -0.05) is 111 Å². The minimum absolute atomic E-state index is 0.00919. The quantitative estimate of drug-likeness (QED) is 0.0259. The first kappa shape index (κ1) is 51.9. The molecule has 7 rings (SSSR count). The molecule has 0 aliphatic carbocycles. The Hall–Kier alpha value is -6.96. The third-order valence-corrected chi connectivity index (χ3v) is 13.8. The zero-order valence-electron chi connectivity index (χ0n) is 39.6. The highest BCUT2D eigenvalue weighted by Crippen LogP contribution is 2.49. The summed E-state index contributed by atoms with van der Waals surface area (Å²) < 4.78 is 48.0. The van der Waals surface area contributed by atoms with Crippen molar-refractivity contribution >= 4 is 31.8 Å². The molecule has 1 amide bonds. The first-order valence-electron chi connectivity index (χ1n) is 22.9. The summed E-state index contributed by atoms with van der Waals surface area (Å²) in [4.78, 5) is 52.2. The Labute approximate surface area is 411 Å². The summed E-state index contributed by atoms with van der Waals surface area (Å²) in [5.41, 5.74) is 2.01. The van der Waals surface area contributed by atoms with Gasteiger partial charge in [0.2, 0.25) is 0 Å². The summed E-state index contributed by atoms with van der Waals surface area (Å²) in [5, 5.41) is 24.8. The first-order valence-corrected chi connectivity index (χ1v) is 24.0. The van der Waals surface area contributed by atoms with Crippen LogP contribution in [0.3, 0.4) is 0 Å². The monoisotopic (exact) mass is 990 g/mol. The van der Waals surface area contributed by atoms with E-state index in [0.717, 1.165) is 27.8 Å². The van der Waals surface area contributed by atoms with Gasteiger partial charge >= 0.3 is 11.8 Å². The van der Waals surface area contributed by atoms with E-state index in [9.17, 15) is 29.8 Å². The van der Waals surface area contributed by atoms with Gasteiger partial charge in [0.05, 0.1) is 36.8 Å². The van der Waals surface area contributed by atoms with E-state index in [1.807, 2.05) is 103 Å². The number of hydrogen-bond donors (Lipinski definition) is 1. The SMILES string of the molecule is CCN(CC)P(OCCc1ccc([N+](=O)[O-])cc1)O[C@H]1[C@@H](OC)[C@H](n2ccc(NC(=O)OCCc3ccc([N+](=O)[O-])cc3)nc2=O)O[C@@H]1COC(c1ccccc1)(c1ccccc1)c1ccc(OC)cc1. The van der Waals surface area contributed by atoms with Gasteiger partial charge in [0.15, 0.2) is 6.23 Å². The van der Waals surface area contributed by atoms with E-state index in [-0.39, 0.29) is 37.0 Å². The van der Waals surface area contributed by atoms with E-state index in [4.69, 9.17) is 32.7 Å². The molecule has 19 nitrogen and oxygen atoms in total. The minimum Gasteiger partial charge on any atom is -0.497 e. The molecule has 1 aliphatic heterocycles. The Morgan fingerprint density at radius 3 is 1.82 bits per heavy atom. The molecular weight excluding hydrogens is 936 g/mol. The van der Waals surface area contributed by atoms with E-state index >= 15 is 0 Å². The van der Waals surface area contributed by atoms with Crippen LogP contribution in [0.1, 0.15) is 47.9 Å². The number of amides is 1. The molecule has 1 unspecified atom stereocenters. The Morgan fingerprint density at radius 2 is 1.31 bits per heavy atom. The molecule has 2 heterocycles. The van der Waals surface area contributed by atoms with Gasteiger partial charge in [-0.05, 0) is 52.4 Å². The number of benzene rings is 5. The predicted molar refractivity (Wildman–Crippen MR) is 264 cm³/mol. The number of nitrogens with zero attached hydrogens (tertiary/aromatic N) is 5. The first-order chi connectivity index (χ1) is 34.5. The lowest BCUT2D eigenvalue weighted by atomic mass is 9.80. The van der Waals surface area contributed by atoms with Crippen molar-refractivity contribution in [2.75, 3.05) is 52.4 Å². The van der Waals surface area contributed by atoms with Crippen LogP contribution in [0.5, 0.6) is 5.75 Å². The second-order valence-electron chi connectivity index (χ2n) is 16.1. The van der Waals surface area contributed by atoms with E-state index in [1.165, 1.54) is 48.2 Å². The minimum atomic E-state index is -1.81. The Bertz CT molecular complexity index is 2690. The number of methoxy groups -OCH3 is 2. The molecule has 1 saturated heterocycles. The summed E-state index contributed by atoms with van der Waals surface area (Å²) in [5.74, 6) is 0.588. The molecular formula is C51H55N6O13P. The topological polar surface area (TPSA) is 218 Å². The van der Waals surface area contributed by atoms with E-state index in [1.54, 1.807) is 31.4 Å². The highest BCUT2D eigenvalue weighted by atomic mass is 31.2. The Balaban J connectivity index is 1.18. The number of non-ortho nitro benzene ring substituents is 2. The number of carbonyl (C=O) groups is 1. The zero-order chi connectivity index (χ0) is 50.3. The predicted octanol–water partition coefficient (Wildman–Crippen LogP) is 8.99. The van der Waals surface area contributed by atoms with Gasteiger partial charge in [-0.15, -0.1) is 0 Å². The van der Waals surface area contributed by atoms with Gasteiger partial charge in [0.1, 0.15) is 35.5 Å². The molecule has 1 aliphatic rings. The lowest BCUT2D eigenvalue weighted by molar-refractivity contribution is -0.385. The summed E-state index contributed by atoms with van der Waals surface area (Å²) in [7, 11) is 1.28. The third kappa shape index (κ3) is 12.7. The van der Waals surface area contributed by atoms with Crippen molar-refractivity contribution < 1.29 is 47.4 Å². The standard InChI is InChI=1S/C51H55N6O13P/c1-5-54(6-2)71(68-34-31-37-19-25-42(26-20-37)57(62)63)70-46-44(35-67-51(38-13-9-7-10-14-38,39-15-11-8-12-16-39)40-21-27-43(64-3)28-22-40)69-48(47(46)65-4)55-32-29-45(52-49(55)58)53-50(59)66-33-30-36-17-23-41(24-18-36)56(60)61/h7-29,32,44,46-48H,5-6,30-31,33-35H2,1-4H3,(H,52,53,58,59)/t44-,46-,47-,48-,71?/m1/s1. The van der Waals surface area contributed by atoms with Crippen LogP contribution in [0.4, 0.5) is 22.0 Å². The van der Waals surface area contributed by atoms with Gasteiger partial charge in [-0.25, -0.2) is 14.3 Å². The van der Waals surface area contributed by atoms with Gasteiger partial charge in [-0.3, -0.25) is 30.1 Å². The van der Waals surface area contributed by atoms with Gasteiger partial charge < -0.3 is 32.7 Å². The van der Waals surface area contributed by atoms with E-state index in [2.05, 4.69) is 10.3 Å². The highest BCUT2D eigenvalue weighted by molar-refractivity contribution is 7.44. The van der Waals surface area contributed by atoms with Gasteiger partial charge in [0, 0.05) is 57.1 Å². The second-order valence-corrected chi connectivity index (χ2v) is 17.6. The summed E-state index contributed by atoms with van der Waals surface area (Å²) >= 11 is 0. The smallest absolute Gasteiger partial charge is 0.412 e. The van der Waals surface area contributed by atoms with Crippen LogP contribution >= 0.6 is 8.53 Å². The molecule has 1 fully saturated rings. The van der Waals surface area contributed by atoms with Crippen LogP contribution in [0.15, 0.2) is 151 Å². The van der Waals surface area contributed by atoms with Crippen molar-refractivity contribution in [3.63, 3.8) is 0 Å². The maximum atomic E-state index is 14.0. The number of ether oxygens (including phenoxy) is 5. The highest BCUT2D eigenvalue weighted by Gasteiger charge is 2.51. The van der Waals surface area contributed by atoms with Gasteiger partial charge in [0.25, 0.3) is 19.9 Å². The van der Waals surface area contributed by atoms with Crippen molar-refractivity contribution in [1.82, 2.24) is 14.2 Å². The summed E-state index contributed by atoms with van der Waals surface area (Å²) in [6, 6.07) is 40.9. The molecule has 1 aromatic heterocycles. The normalized spacial score (nSPS) is 17.1. The van der Waals surface area contributed by atoms with E-state index < -0.39 is 60.3 Å². The largest absolute Gasteiger partial charge is 0.497 e. The number of rotatable bonds is 24. The van der Waals surface area contributed by atoms with E-state index in [0.29, 0.717) is 31.7 Å². The number of nitrogens with one attached hydrogen (secondary N) is 1. The second kappa shape index (κ2) is 24.7. The van der Waals surface area contributed by atoms with Crippen LogP contribution in [-0.4, -0.2) is 95.6 Å². The van der Waals surface area contributed by atoms with Crippen LogP contribution in [-0.2, 0) is 46.4 Å². The molecule has 0 radical (unpaired) electrons. The third-order valence-electron chi connectivity index (χ3n) is 11.9. The molecule has 0 spiro atoms. The summed E-state index contributed by atoms with van der Waals surface area (Å²) in [6.07, 6.45) is -2.54. The average molecular weight is 991 g/mol. The zero-order valence-corrected chi connectivity index (χ0v) is 40.5. The number of anilines is 1. The Kier molecular flexibility index (Phi) is 18.1. The van der Waals surface area contributed by atoms with Gasteiger partial charge in [-0.2, -0.15) is 4.98 Å². The molecule has 6 aromatic rings. The number of nitro groups is 2. The van der Waals surface area contributed by atoms with Crippen molar-refractivity contribution in [1.29, 1.82) is 0 Å². The van der Waals surface area contributed by atoms with Crippen molar-refractivity contribution in [2.24, 2.45) is 0 Å². The number of aromatic nitrogens is 2. The van der Waals surface area contributed by atoms with Crippen LogP contribution in [0.2, 0.25) is 0 Å². The fourth-order valence-corrected chi connectivity index (χ4v) is 9.73. The van der Waals surface area contributed by atoms with Crippen LogP contribution < -0.4 is 15.7 Å². The summed E-state index contributed by atoms with van der Waals surface area (Å²) in [6.45, 7) is 5.20. The molecule has 372 valence electrons. The van der Waals surface area contributed by atoms with Crippen LogP contribution in [0, 0.1) is 20.2 Å². The van der Waals surface area contributed by atoms with Crippen molar-refractivity contribution in [3.05, 3.63) is 204 Å². The molecule has 0 saturated carbocycles. The Morgan fingerprint density at radius 1 is 0.761 bits per heavy atom. The molecule has 0 bridgehead atoms. The number of carbonyl (C=O) groups excluding carboxylic acids is 1. The maximum Gasteiger partial charge on any atom is 0.412 e. The van der Waals surface area contributed by atoms with Crippen molar-refractivity contribution in [3.8, 4) is 5.75 Å². The maximum absolute atomic E-state index is 14.0. The fourth-order valence-electron chi connectivity index (χ4n) is 8.20. The number of nitro benzene ring substituents is 2. The molecule has 5 aromatic carbocycles. The van der Waals surface area contributed by atoms with Crippen LogP contribution in [0.25, 0.3) is 0 Å². The molecule has 1 N–H and O–H groups in total. The molecule has 20 heteroatoms. The number of hydrogen-bond acceptors (Lipinski definition) is 15. The molecule has 5 atom stereocenters. The van der Waals surface area contributed by atoms with Crippen molar-refractivity contribution in [2.45, 2.75) is 56.8 Å².